The number of pyridine rings is 1. The minimum atomic E-state index is 0.600. The van der Waals surface area contributed by atoms with Crippen LogP contribution in [0.5, 0.6) is 0 Å². The van der Waals surface area contributed by atoms with Crippen LogP contribution in [0.1, 0.15) is 24.8 Å². The predicted octanol–water partition coefficient (Wildman–Crippen LogP) is 2.41. The fourth-order valence-corrected chi connectivity index (χ4v) is 3.36. The van der Waals surface area contributed by atoms with Crippen LogP contribution in [-0.4, -0.2) is 47.0 Å². The quantitative estimate of drug-likeness (QED) is 0.783. The molecular weight excluding hydrogens is 246 g/mol. The lowest BCUT2D eigenvalue weighted by Crippen LogP contribution is -2.35. The van der Waals surface area contributed by atoms with Crippen molar-refractivity contribution >= 4 is 11.6 Å². The third-order valence-electron chi connectivity index (χ3n) is 4.10. The van der Waals surface area contributed by atoms with Gasteiger partial charge in [0.2, 0.25) is 0 Å². The van der Waals surface area contributed by atoms with Crippen molar-refractivity contribution < 1.29 is 0 Å². The Hall–Kier alpha value is -0.640. The number of likely N-dealkylation sites (tertiary alicyclic amines) is 2. The molecule has 1 aromatic rings. The summed E-state index contributed by atoms with van der Waals surface area (Å²) < 4.78 is 0. The first kappa shape index (κ1) is 12.4. The van der Waals surface area contributed by atoms with Gasteiger partial charge in [-0.05, 0) is 50.0 Å². The van der Waals surface area contributed by atoms with E-state index in [4.69, 9.17) is 11.6 Å². The van der Waals surface area contributed by atoms with Crippen molar-refractivity contribution in [2.45, 2.75) is 31.8 Å². The Bertz CT molecular complexity index is 404. The molecule has 2 saturated heterocycles. The van der Waals surface area contributed by atoms with E-state index in [0.717, 1.165) is 12.6 Å². The van der Waals surface area contributed by atoms with Crippen molar-refractivity contribution in [3.05, 3.63) is 29.0 Å². The molecular formula is C14H20ClN3. The SMILES string of the molecule is Clc1cc(CN2CCC(N3CCCC3)C2)ccn1. The van der Waals surface area contributed by atoms with E-state index in [9.17, 15) is 0 Å². The lowest BCUT2D eigenvalue weighted by atomic mass is 10.2. The number of rotatable bonds is 3. The molecule has 0 aliphatic carbocycles. The number of aromatic nitrogens is 1. The Labute approximate surface area is 114 Å². The molecule has 0 saturated carbocycles. The molecule has 3 nitrogen and oxygen atoms in total. The maximum atomic E-state index is 5.92. The van der Waals surface area contributed by atoms with Crippen molar-refractivity contribution in [2.24, 2.45) is 0 Å². The molecule has 18 heavy (non-hydrogen) atoms. The van der Waals surface area contributed by atoms with E-state index >= 15 is 0 Å². The van der Waals surface area contributed by atoms with Gasteiger partial charge in [-0.15, -0.1) is 0 Å². The average Bonchev–Trinajstić information content (AvgIpc) is 2.98. The zero-order valence-corrected chi connectivity index (χ0v) is 11.4. The zero-order chi connectivity index (χ0) is 12.4. The Kier molecular flexibility index (Phi) is 3.83. The van der Waals surface area contributed by atoms with Gasteiger partial charge >= 0.3 is 0 Å². The van der Waals surface area contributed by atoms with Gasteiger partial charge in [0.15, 0.2) is 0 Å². The molecule has 98 valence electrons. The summed E-state index contributed by atoms with van der Waals surface area (Å²) in [6.45, 7) is 6.03. The number of hydrogen-bond acceptors (Lipinski definition) is 3. The van der Waals surface area contributed by atoms with E-state index < -0.39 is 0 Å². The Morgan fingerprint density at radius 1 is 1.28 bits per heavy atom. The first-order valence-electron chi connectivity index (χ1n) is 6.88. The van der Waals surface area contributed by atoms with Crippen LogP contribution in [0.4, 0.5) is 0 Å². The van der Waals surface area contributed by atoms with Gasteiger partial charge in [-0.25, -0.2) is 4.98 Å². The summed E-state index contributed by atoms with van der Waals surface area (Å²) in [4.78, 5) is 9.23. The van der Waals surface area contributed by atoms with E-state index in [1.54, 1.807) is 6.20 Å². The maximum Gasteiger partial charge on any atom is 0.129 e. The first-order chi connectivity index (χ1) is 8.81. The molecule has 1 unspecified atom stereocenters. The number of hydrogen-bond donors (Lipinski definition) is 0. The first-order valence-corrected chi connectivity index (χ1v) is 7.26. The molecule has 3 heterocycles. The zero-order valence-electron chi connectivity index (χ0n) is 10.7. The van der Waals surface area contributed by atoms with Gasteiger partial charge in [0.1, 0.15) is 5.15 Å². The minimum Gasteiger partial charge on any atom is -0.299 e. The van der Waals surface area contributed by atoms with Crippen LogP contribution in [-0.2, 0) is 6.54 Å². The fourth-order valence-electron chi connectivity index (χ4n) is 3.16. The molecule has 3 rings (SSSR count). The summed E-state index contributed by atoms with van der Waals surface area (Å²) >= 11 is 5.92. The van der Waals surface area contributed by atoms with Gasteiger partial charge in [0, 0.05) is 31.9 Å². The smallest absolute Gasteiger partial charge is 0.129 e. The van der Waals surface area contributed by atoms with Gasteiger partial charge in [-0.3, -0.25) is 9.80 Å². The minimum absolute atomic E-state index is 0.600. The van der Waals surface area contributed by atoms with Crippen LogP contribution in [0, 0.1) is 0 Å². The molecule has 0 bridgehead atoms. The van der Waals surface area contributed by atoms with E-state index in [1.165, 1.54) is 51.0 Å². The second kappa shape index (κ2) is 5.55. The van der Waals surface area contributed by atoms with E-state index in [1.807, 2.05) is 6.07 Å². The Morgan fingerprint density at radius 3 is 2.89 bits per heavy atom. The Balaban J connectivity index is 1.55. The molecule has 1 atom stereocenters. The van der Waals surface area contributed by atoms with Gasteiger partial charge < -0.3 is 0 Å². The highest BCUT2D eigenvalue weighted by molar-refractivity contribution is 6.29. The van der Waals surface area contributed by atoms with Crippen molar-refractivity contribution in [3.63, 3.8) is 0 Å². The van der Waals surface area contributed by atoms with Crippen molar-refractivity contribution in [2.75, 3.05) is 26.2 Å². The molecule has 2 aliphatic heterocycles. The molecule has 0 amide bonds. The van der Waals surface area contributed by atoms with Crippen molar-refractivity contribution in [3.8, 4) is 0 Å². The van der Waals surface area contributed by atoms with Gasteiger partial charge in [0.25, 0.3) is 0 Å². The summed E-state index contributed by atoms with van der Waals surface area (Å²) in [6.07, 6.45) is 5.89. The standard InChI is InChI=1S/C14H20ClN3/c15-14-9-12(3-5-16-14)10-17-8-4-13(11-17)18-6-1-2-7-18/h3,5,9,13H,1-2,4,6-8,10-11H2. The van der Waals surface area contributed by atoms with Gasteiger partial charge in [-0.2, -0.15) is 0 Å². The number of nitrogens with zero attached hydrogens (tertiary/aromatic N) is 3. The maximum absolute atomic E-state index is 5.92. The topological polar surface area (TPSA) is 19.4 Å². The third kappa shape index (κ3) is 2.85. The third-order valence-corrected chi connectivity index (χ3v) is 4.31. The molecule has 2 aliphatic rings. The molecule has 0 spiro atoms. The largest absolute Gasteiger partial charge is 0.299 e. The summed E-state index contributed by atoms with van der Waals surface area (Å²) in [5.41, 5.74) is 1.28. The Morgan fingerprint density at radius 2 is 2.11 bits per heavy atom. The molecule has 0 radical (unpaired) electrons. The summed E-state index contributed by atoms with van der Waals surface area (Å²) in [7, 11) is 0. The highest BCUT2D eigenvalue weighted by Crippen LogP contribution is 2.22. The highest BCUT2D eigenvalue weighted by atomic mass is 35.5. The molecule has 0 aromatic carbocycles. The number of halogens is 1. The second-order valence-electron chi connectivity index (χ2n) is 5.41. The van der Waals surface area contributed by atoms with Gasteiger partial charge in [0.05, 0.1) is 0 Å². The fraction of sp³-hybridized carbons (Fsp3) is 0.643. The summed E-state index contributed by atoms with van der Waals surface area (Å²) in [5, 5.41) is 0.600. The van der Waals surface area contributed by atoms with Crippen LogP contribution in [0.25, 0.3) is 0 Å². The van der Waals surface area contributed by atoms with E-state index in [-0.39, 0.29) is 0 Å². The monoisotopic (exact) mass is 265 g/mol. The molecule has 2 fully saturated rings. The highest BCUT2D eigenvalue weighted by Gasteiger charge is 2.28. The van der Waals surface area contributed by atoms with E-state index in [0.29, 0.717) is 5.15 Å². The average molecular weight is 266 g/mol. The lowest BCUT2D eigenvalue weighted by Gasteiger charge is -2.23. The predicted molar refractivity (Wildman–Crippen MR) is 73.7 cm³/mol. The van der Waals surface area contributed by atoms with E-state index in [2.05, 4.69) is 20.9 Å². The van der Waals surface area contributed by atoms with Crippen LogP contribution in [0.2, 0.25) is 5.15 Å². The molecule has 4 heteroatoms. The second-order valence-corrected chi connectivity index (χ2v) is 5.79. The van der Waals surface area contributed by atoms with Crippen molar-refractivity contribution in [1.82, 2.24) is 14.8 Å². The summed E-state index contributed by atoms with van der Waals surface area (Å²) in [6, 6.07) is 4.82. The van der Waals surface area contributed by atoms with Crippen molar-refractivity contribution in [1.29, 1.82) is 0 Å². The van der Waals surface area contributed by atoms with Crippen LogP contribution < -0.4 is 0 Å². The molecule has 0 N–H and O–H groups in total. The van der Waals surface area contributed by atoms with Gasteiger partial charge in [-0.1, -0.05) is 11.6 Å². The molecule has 1 aromatic heterocycles. The normalized spacial score (nSPS) is 25.9. The summed E-state index contributed by atoms with van der Waals surface area (Å²) in [5.74, 6) is 0. The lowest BCUT2D eigenvalue weighted by molar-refractivity contribution is 0.230. The van der Waals surface area contributed by atoms with Crippen LogP contribution >= 0.6 is 11.6 Å². The van der Waals surface area contributed by atoms with Crippen LogP contribution in [0.3, 0.4) is 0 Å². The van der Waals surface area contributed by atoms with Crippen LogP contribution in [0.15, 0.2) is 18.3 Å².